The van der Waals surface area contributed by atoms with E-state index in [9.17, 15) is 26.7 Å². The lowest BCUT2D eigenvalue weighted by molar-refractivity contribution is -0.255. The van der Waals surface area contributed by atoms with Gasteiger partial charge in [0.25, 0.3) is 0 Å². The predicted octanol–water partition coefficient (Wildman–Crippen LogP) is 4.73. The first-order chi connectivity index (χ1) is 9.73. The van der Waals surface area contributed by atoms with Crippen LogP contribution in [0.25, 0.3) is 11.1 Å². The Morgan fingerprint density at radius 2 is 1.33 bits per heavy atom. The molecule has 0 spiro atoms. The molecule has 2 aromatic rings. The van der Waals surface area contributed by atoms with Crippen LogP contribution < -0.4 is 0 Å². The van der Waals surface area contributed by atoms with Crippen LogP contribution in [0.1, 0.15) is 10.4 Å². The molecule has 0 aromatic heterocycles. The van der Waals surface area contributed by atoms with Crippen molar-refractivity contribution in [1.82, 2.24) is 0 Å². The first kappa shape index (κ1) is 15.2. The van der Waals surface area contributed by atoms with Crippen LogP contribution >= 0.6 is 0 Å². The van der Waals surface area contributed by atoms with Gasteiger partial charge in [-0.25, -0.2) is 0 Å². The first-order valence-electron chi connectivity index (χ1n) is 5.88. The van der Waals surface area contributed by atoms with Crippen LogP contribution in [0.5, 0.6) is 0 Å². The number of alkyl halides is 5. The summed E-state index contributed by atoms with van der Waals surface area (Å²) >= 11 is 0. The van der Waals surface area contributed by atoms with E-state index >= 15 is 0 Å². The van der Waals surface area contributed by atoms with Crippen molar-refractivity contribution in [2.45, 2.75) is 12.1 Å². The molecule has 0 N–H and O–H groups in total. The molecule has 21 heavy (non-hydrogen) atoms. The van der Waals surface area contributed by atoms with Crippen LogP contribution in [0.15, 0.2) is 54.6 Å². The van der Waals surface area contributed by atoms with E-state index < -0.39 is 23.4 Å². The topological polar surface area (TPSA) is 17.1 Å². The van der Waals surface area contributed by atoms with Crippen LogP contribution in [0.4, 0.5) is 22.0 Å². The van der Waals surface area contributed by atoms with E-state index in [-0.39, 0.29) is 0 Å². The van der Waals surface area contributed by atoms with Crippen molar-refractivity contribution in [1.29, 1.82) is 0 Å². The van der Waals surface area contributed by atoms with Crippen LogP contribution in [-0.4, -0.2) is 17.9 Å². The summed E-state index contributed by atoms with van der Waals surface area (Å²) in [7, 11) is 0. The van der Waals surface area contributed by atoms with Gasteiger partial charge in [0.05, 0.1) is 0 Å². The van der Waals surface area contributed by atoms with Crippen LogP contribution in [0.3, 0.4) is 0 Å². The Labute approximate surface area is 117 Å². The number of carbonyl (C=O) groups excluding carboxylic acids is 1. The second kappa shape index (κ2) is 5.27. The average molecular weight is 300 g/mol. The lowest BCUT2D eigenvalue weighted by Gasteiger charge is -2.18. The number of Topliss-reactive ketones (excluding diaryl/α,β-unsaturated/α-hetero) is 1. The highest BCUT2D eigenvalue weighted by Crippen LogP contribution is 2.38. The molecule has 1 nitrogen and oxygen atoms in total. The van der Waals surface area contributed by atoms with Gasteiger partial charge < -0.3 is 0 Å². The number of benzene rings is 2. The summed E-state index contributed by atoms with van der Waals surface area (Å²) in [5.41, 5.74) is 0.320. The SMILES string of the molecule is O=C(c1cccc(-c2ccccc2)c1)C(F)(F)C(F)(F)F. The van der Waals surface area contributed by atoms with E-state index in [1.54, 1.807) is 30.3 Å². The third kappa shape index (κ3) is 2.94. The van der Waals surface area contributed by atoms with Crippen molar-refractivity contribution >= 4 is 5.78 Å². The predicted molar refractivity (Wildman–Crippen MR) is 67.2 cm³/mol. The van der Waals surface area contributed by atoms with E-state index in [4.69, 9.17) is 0 Å². The number of halogens is 5. The third-order valence-electron chi connectivity index (χ3n) is 2.87. The molecule has 0 aliphatic rings. The third-order valence-corrected chi connectivity index (χ3v) is 2.87. The number of carbonyl (C=O) groups is 1. The molecule has 2 rings (SSSR count). The Bertz CT molecular complexity index is 647. The van der Waals surface area contributed by atoms with Crippen molar-refractivity contribution < 1.29 is 26.7 Å². The maximum Gasteiger partial charge on any atom is 0.461 e. The molecule has 2 aromatic carbocycles. The summed E-state index contributed by atoms with van der Waals surface area (Å²) in [5, 5.41) is 0. The van der Waals surface area contributed by atoms with E-state index in [0.29, 0.717) is 11.1 Å². The lowest BCUT2D eigenvalue weighted by atomic mass is 9.99. The lowest BCUT2D eigenvalue weighted by Crippen LogP contribution is -2.44. The highest BCUT2D eigenvalue weighted by molar-refractivity contribution is 6.02. The number of ketones is 1. The quantitative estimate of drug-likeness (QED) is 0.591. The van der Waals surface area contributed by atoms with Gasteiger partial charge in [-0.2, -0.15) is 22.0 Å². The highest BCUT2D eigenvalue weighted by atomic mass is 19.4. The van der Waals surface area contributed by atoms with Gasteiger partial charge in [-0.05, 0) is 17.2 Å². The van der Waals surface area contributed by atoms with Crippen molar-refractivity contribution in [2.24, 2.45) is 0 Å². The Balaban J connectivity index is 2.41. The molecule has 0 aliphatic heterocycles. The van der Waals surface area contributed by atoms with E-state index in [1.807, 2.05) is 0 Å². The Kier molecular flexibility index (Phi) is 3.80. The summed E-state index contributed by atoms with van der Waals surface area (Å²) in [6, 6.07) is 13.2. The first-order valence-corrected chi connectivity index (χ1v) is 5.88. The molecule has 6 heteroatoms. The second-order valence-corrected chi connectivity index (χ2v) is 4.35. The van der Waals surface area contributed by atoms with Crippen LogP contribution in [-0.2, 0) is 0 Å². The maximum absolute atomic E-state index is 13.1. The zero-order valence-electron chi connectivity index (χ0n) is 10.5. The molecule has 0 unspecified atom stereocenters. The zero-order chi connectivity index (χ0) is 15.7. The maximum atomic E-state index is 13.1. The van der Waals surface area contributed by atoms with E-state index in [1.165, 1.54) is 12.1 Å². The molecule has 0 radical (unpaired) electrons. The standard InChI is InChI=1S/C15H9F5O/c16-14(17,15(18,19)20)13(21)12-8-4-7-11(9-12)10-5-2-1-3-6-10/h1-9H. The fourth-order valence-electron chi connectivity index (χ4n) is 1.78. The van der Waals surface area contributed by atoms with Gasteiger partial charge in [0, 0.05) is 5.56 Å². The summed E-state index contributed by atoms with van der Waals surface area (Å²) in [6.07, 6.45) is -5.91. The zero-order valence-corrected chi connectivity index (χ0v) is 10.5. The fourth-order valence-corrected chi connectivity index (χ4v) is 1.78. The van der Waals surface area contributed by atoms with Crippen molar-refractivity contribution in [3.63, 3.8) is 0 Å². The number of hydrogen-bond donors (Lipinski definition) is 0. The Morgan fingerprint density at radius 3 is 1.90 bits per heavy atom. The molecule has 0 saturated heterocycles. The molecule has 0 aliphatic carbocycles. The summed E-state index contributed by atoms with van der Waals surface area (Å²) in [5.74, 6) is -7.66. The number of hydrogen-bond acceptors (Lipinski definition) is 1. The Morgan fingerprint density at radius 1 is 0.762 bits per heavy atom. The highest BCUT2D eigenvalue weighted by Gasteiger charge is 2.63. The van der Waals surface area contributed by atoms with E-state index in [2.05, 4.69) is 0 Å². The van der Waals surface area contributed by atoms with Crippen LogP contribution in [0.2, 0.25) is 0 Å². The molecular weight excluding hydrogens is 291 g/mol. The molecule has 0 atom stereocenters. The summed E-state index contributed by atoms with van der Waals surface area (Å²) in [6.45, 7) is 0. The van der Waals surface area contributed by atoms with Gasteiger partial charge in [-0.3, -0.25) is 4.79 Å². The largest absolute Gasteiger partial charge is 0.461 e. The fraction of sp³-hybridized carbons (Fsp3) is 0.133. The minimum Gasteiger partial charge on any atom is -0.287 e. The number of rotatable bonds is 3. The van der Waals surface area contributed by atoms with Crippen molar-refractivity contribution in [3.8, 4) is 11.1 Å². The molecular formula is C15H9F5O. The molecule has 0 bridgehead atoms. The van der Waals surface area contributed by atoms with Crippen LogP contribution in [0, 0.1) is 0 Å². The Hall–Kier alpha value is -2.24. The van der Waals surface area contributed by atoms with Gasteiger partial charge in [0.15, 0.2) is 0 Å². The van der Waals surface area contributed by atoms with E-state index in [0.717, 1.165) is 12.1 Å². The molecule has 0 saturated carbocycles. The van der Waals surface area contributed by atoms with Gasteiger partial charge in [0.1, 0.15) is 0 Å². The van der Waals surface area contributed by atoms with Gasteiger partial charge in [0.2, 0.25) is 5.78 Å². The van der Waals surface area contributed by atoms with Gasteiger partial charge in [-0.1, -0.05) is 48.5 Å². The minimum atomic E-state index is -5.91. The molecule has 0 heterocycles. The second-order valence-electron chi connectivity index (χ2n) is 4.35. The smallest absolute Gasteiger partial charge is 0.287 e. The van der Waals surface area contributed by atoms with Gasteiger partial charge in [-0.15, -0.1) is 0 Å². The van der Waals surface area contributed by atoms with Crippen molar-refractivity contribution in [3.05, 3.63) is 60.2 Å². The molecule has 0 fully saturated rings. The summed E-state index contributed by atoms with van der Waals surface area (Å²) < 4.78 is 62.8. The molecule has 0 amide bonds. The normalized spacial score (nSPS) is 12.2. The average Bonchev–Trinajstić information content (AvgIpc) is 2.46. The summed E-state index contributed by atoms with van der Waals surface area (Å²) in [4.78, 5) is 11.4. The van der Waals surface area contributed by atoms with Crippen molar-refractivity contribution in [2.75, 3.05) is 0 Å². The molecule has 110 valence electrons. The minimum absolute atomic E-state index is 0.388. The monoisotopic (exact) mass is 300 g/mol. The van der Waals surface area contributed by atoms with Gasteiger partial charge >= 0.3 is 12.1 Å².